The number of hydrogen-bond donors (Lipinski definition) is 1. The quantitative estimate of drug-likeness (QED) is 0.920. The summed E-state index contributed by atoms with van der Waals surface area (Å²) in [6.07, 6.45) is 0.733. The Morgan fingerprint density at radius 2 is 2.05 bits per heavy atom. The van der Waals surface area contributed by atoms with Crippen LogP contribution in [0.2, 0.25) is 0 Å². The SMILES string of the molecule is CCc1nc(-c2ccc(C)cc2OC)[nH]c(=O)c1C. The second kappa shape index (κ2) is 5.26. The van der Waals surface area contributed by atoms with Crippen LogP contribution in [0.4, 0.5) is 0 Å². The molecule has 0 bridgehead atoms. The van der Waals surface area contributed by atoms with Gasteiger partial charge in [0, 0.05) is 5.56 Å². The lowest BCUT2D eigenvalue weighted by molar-refractivity contribution is 0.416. The molecule has 0 unspecified atom stereocenters. The number of ether oxygens (including phenoxy) is 1. The third-order valence-electron chi connectivity index (χ3n) is 3.20. The zero-order valence-corrected chi connectivity index (χ0v) is 11.7. The van der Waals surface area contributed by atoms with E-state index in [0.717, 1.165) is 23.2 Å². The average molecular weight is 258 g/mol. The molecule has 0 fully saturated rings. The van der Waals surface area contributed by atoms with Crippen molar-refractivity contribution in [2.75, 3.05) is 7.11 Å². The molecule has 4 nitrogen and oxygen atoms in total. The summed E-state index contributed by atoms with van der Waals surface area (Å²) in [5.41, 5.74) is 3.31. The third kappa shape index (κ3) is 2.52. The van der Waals surface area contributed by atoms with Gasteiger partial charge in [-0.2, -0.15) is 0 Å². The fourth-order valence-electron chi connectivity index (χ4n) is 2.04. The van der Waals surface area contributed by atoms with Gasteiger partial charge in [0.1, 0.15) is 11.6 Å². The Hall–Kier alpha value is -2.10. The van der Waals surface area contributed by atoms with E-state index in [1.165, 1.54) is 0 Å². The van der Waals surface area contributed by atoms with Crippen molar-refractivity contribution in [1.82, 2.24) is 9.97 Å². The molecule has 1 N–H and O–H groups in total. The Balaban J connectivity index is 2.65. The number of methoxy groups -OCH3 is 1. The van der Waals surface area contributed by atoms with Crippen molar-refractivity contribution in [3.63, 3.8) is 0 Å². The highest BCUT2D eigenvalue weighted by Crippen LogP contribution is 2.28. The molecule has 100 valence electrons. The molecule has 0 amide bonds. The van der Waals surface area contributed by atoms with Gasteiger partial charge in [-0.1, -0.05) is 13.0 Å². The van der Waals surface area contributed by atoms with Crippen LogP contribution in [0.1, 0.15) is 23.7 Å². The lowest BCUT2D eigenvalue weighted by Gasteiger charge is -2.10. The molecule has 0 atom stereocenters. The van der Waals surface area contributed by atoms with Gasteiger partial charge in [0.15, 0.2) is 0 Å². The Morgan fingerprint density at radius 1 is 1.32 bits per heavy atom. The van der Waals surface area contributed by atoms with E-state index in [9.17, 15) is 4.79 Å². The first kappa shape index (κ1) is 13.3. The molecular formula is C15H18N2O2. The summed E-state index contributed by atoms with van der Waals surface area (Å²) in [6, 6.07) is 5.82. The van der Waals surface area contributed by atoms with Crippen LogP contribution in [0.5, 0.6) is 5.75 Å². The van der Waals surface area contributed by atoms with Gasteiger partial charge in [0.2, 0.25) is 0 Å². The Labute approximate surface area is 112 Å². The van der Waals surface area contributed by atoms with Crippen LogP contribution >= 0.6 is 0 Å². The molecule has 2 aromatic rings. The predicted molar refractivity (Wildman–Crippen MR) is 75.7 cm³/mol. The summed E-state index contributed by atoms with van der Waals surface area (Å²) in [7, 11) is 1.62. The van der Waals surface area contributed by atoms with E-state index in [1.807, 2.05) is 32.0 Å². The average Bonchev–Trinajstić information content (AvgIpc) is 2.41. The van der Waals surface area contributed by atoms with Gasteiger partial charge in [0.05, 0.1) is 18.4 Å². The van der Waals surface area contributed by atoms with Crippen molar-refractivity contribution in [2.45, 2.75) is 27.2 Å². The molecule has 1 heterocycles. The second-order valence-electron chi connectivity index (χ2n) is 4.54. The van der Waals surface area contributed by atoms with Crippen molar-refractivity contribution in [3.05, 3.63) is 45.4 Å². The number of nitrogens with zero attached hydrogens (tertiary/aromatic N) is 1. The number of aromatic amines is 1. The molecule has 0 radical (unpaired) electrons. The van der Waals surface area contributed by atoms with Crippen LogP contribution in [0.25, 0.3) is 11.4 Å². The molecule has 4 heteroatoms. The smallest absolute Gasteiger partial charge is 0.254 e. The lowest BCUT2D eigenvalue weighted by Crippen LogP contribution is -2.15. The molecule has 1 aromatic carbocycles. The number of aromatic nitrogens is 2. The Bertz CT molecular complexity index is 660. The first-order valence-electron chi connectivity index (χ1n) is 6.31. The third-order valence-corrected chi connectivity index (χ3v) is 3.20. The van der Waals surface area contributed by atoms with Gasteiger partial charge in [-0.05, 0) is 38.0 Å². The van der Waals surface area contributed by atoms with Gasteiger partial charge >= 0.3 is 0 Å². The van der Waals surface area contributed by atoms with Crippen LogP contribution in [-0.2, 0) is 6.42 Å². The van der Waals surface area contributed by atoms with E-state index in [-0.39, 0.29) is 5.56 Å². The largest absolute Gasteiger partial charge is 0.496 e. The zero-order valence-electron chi connectivity index (χ0n) is 11.7. The minimum absolute atomic E-state index is 0.0931. The van der Waals surface area contributed by atoms with E-state index < -0.39 is 0 Å². The molecule has 0 spiro atoms. The van der Waals surface area contributed by atoms with Gasteiger partial charge < -0.3 is 9.72 Å². The summed E-state index contributed by atoms with van der Waals surface area (Å²) >= 11 is 0. The van der Waals surface area contributed by atoms with Gasteiger partial charge in [-0.25, -0.2) is 4.98 Å². The predicted octanol–water partition coefficient (Wildman–Crippen LogP) is 2.62. The summed E-state index contributed by atoms with van der Waals surface area (Å²) < 4.78 is 5.36. The molecule has 0 aliphatic carbocycles. The summed E-state index contributed by atoms with van der Waals surface area (Å²) in [5.74, 6) is 1.28. The van der Waals surface area contributed by atoms with E-state index in [0.29, 0.717) is 17.1 Å². The van der Waals surface area contributed by atoms with Crippen LogP contribution in [-0.4, -0.2) is 17.1 Å². The Morgan fingerprint density at radius 3 is 2.68 bits per heavy atom. The van der Waals surface area contributed by atoms with Crippen LogP contribution in [0.3, 0.4) is 0 Å². The number of hydrogen-bond acceptors (Lipinski definition) is 3. The van der Waals surface area contributed by atoms with E-state index in [1.54, 1.807) is 14.0 Å². The minimum Gasteiger partial charge on any atom is -0.496 e. The van der Waals surface area contributed by atoms with Crippen molar-refractivity contribution < 1.29 is 4.74 Å². The van der Waals surface area contributed by atoms with Crippen LogP contribution < -0.4 is 10.3 Å². The molecule has 0 aliphatic heterocycles. The van der Waals surface area contributed by atoms with Gasteiger partial charge in [0.25, 0.3) is 5.56 Å². The molecule has 0 aliphatic rings. The number of nitrogens with one attached hydrogen (secondary N) is 1. The first-order valence-corrected chi connectivity index (χ1v) is 6.31. The number of H-pyrrole nitrogens is 1. The fourth-order valence-corrected chi connectivity index (χ4v) is 2.04. The monoisotopic (exact) mass is 258 g/mol. The summed E-state index contributed by atoms with van der Waals surface area (Å²) in [5, 5.41) is 0. The number of benzene rings is 1. The molecule has 19 heavy (non-hydrogen) atoms. The maximum absolute atomic E-state index is 11.9. The summed E-state index contributed by atoms with van der Waals surface area (Å²) in [4.78, 5) is 19.3. The highest BCUT2D eigenvalue weighted by molar-refractivity contribution is 5.65. The van der Waals surface area contributed by atoms with Crippen molar-refractivity contribution >= 4 is 0 Å². The van der Waals surface area contributed by atoms with Crippen molar-refractivity contribution in [1.29, 1.82) is 0 Å². The lowest BCUT2D eigenvalue weighted by atomic mass is 10.1. The first-order chi connectivity index (χ1) is 9.06. The standard InChI is InChI=1S/C15H18N2O2/c1-5-12-10(3)15(18)17-14(16-12)11-7-6-9(2)8-13(11)19-4/h6-8H,5H2,1-4H3,(H,16,17,18). The normalized spacial score (nSPS) is 10.5. The minimum atomic E-state index is -0.0931. The van der Waals surface area contributed by atoms with Crippen LogP contribution in [0.15, 0.2) is 23.0 Å². The van der Waals surface area contributed by atoms with Crippen molar-refractivity contribution in [2.24, 2.45) is 0 Å². The molecule has 0 saturated carbocycles. The highest BCUT2D eigenvalue weighted by atomic mass is 16.5. The number of aryl methyl sites for hydroxylation is 2. The van der Waals surface area contributed by atoms with Gasteiger partial charge in [-0.15, -0.1) is 0 Å². The maximum Gasteiger partial charge on any atom is 0.254 e. The second-order valence-corrected chi connectivity index (χ2v) is 4.54. The highest BCUT2D eigenvalue weighted by Gasteiger charge is 2.11. The summed E-state index contributed by atoms with van der Waals surface area (Å²) in [6.45, 7) is 5.78. The van der Waals surface area contributed by atoms with Crippen LogP contribution in [0, 0.1) is 13.8 Å². The maximum atomic E-state index is 11.9. The Kier molecular flexibility index (Phi) is 3.69. The zero-order chi connectivity index (χ0) is 14.0. The number of rotatable bonds is 3. The topological polar surface area (TPSA) is 55.0 Å². The molecular weight excluding hydrogens is 240 g/mol. The van der Waals surface area contributed by atoms with E-state index >= 15 is 0 Å². The van der Waals surface area contributed by atoms with E-state index in [2.05, 4.69) is 9.97 Å². The van der Waals surface area contributed by atoms with Crippen molar-refractivity contribution in [3.8, 4) is 17.1 Å². The molecule has 2 rings (SSSR count). The molecule has 1 aromatic heterocycles. The van der Waals surface area contributed by atoms with E-state index in [4.69, 9.17) is 4.74 Å². The fraction of sp³-hybridized carbons (Fsp3) is 0.333. The van der Waals surface area contributed by atoms with Gasteiger partial charge in [-0.3, -0.25) is 4.79 Å². The molecule has 0 saturated heterocycles.